The van der Waals surface area contributed by atoms with E-state index in [0.29, 0.717) is 0 Å². The van der Waals surface area contributed by atoms with Gasteiger partial charge in [-0.05, 0) is 49.2 Å². The summed E-state index contributed by atoms with van der Waals surface area (Å²) in [6.07, 6.45) is 5.45. The fourth-order valence-corrected chi connectivity index (χ4v) is 2.64. The zero-order valence-electron chi connectivity index (χ0n) is 10.7. The molecule has 0 aromatic heterocycles. The Bertz CT molecular complexity index is 468. The number of hydrogen-bond acceptors (Lipinski definition) is 3. The zero-order valence-corrected chi connectivity index (χ0v) is 10.7. The zero-order chi connectivity index (χ0) is 12.4. The molecule has 2 heterocycles. The van der Waals surface area contributed by atoms with Crippen LogP contribution in [0.5, 0.6) is 5.75 Å². The van der Waals surface area contributed by atoms with Gasteiger partial charge in [-0.3, -0.25) is 0 Å². The van der Waals surface area contributed by atoms with Gasteiger partial charge in [0.2, 0.25) is 0 Å². The topological polar surface area (TPSA) is 30.5 Å². The standard InChI is InChI=1S/C15H19NO2/c1-16-15(14-4-2-3-8-17-14)12-5-6-13-11(10-12)7-9-18-13/h4-6,10,15-16H,2-3,7-9H2,1H3. The van der Waals surface area contributed by atoms with Gasteiger partial charge in [-0.15, -0.1) is 0 Å². The Balaban J connectivity index is 1.89. The number of fused-ring (bicyclic) bond motifs is 1. The quantitative estimate of drug-likeness (QED) is 0.888. The fourth-order valence-electron chi connectivity index (χ4n) is 2.64. The van der Waals surface area contributed by atoms with Gasteiger partial charge in [-0.1, -0.05) is 6.07 Å². The predicted octanol–water partition coefficient (Wildman–Crippen LogP) is 2.58. The van der Waals surface area contributed by atoms with Crippen LogP contribution in [0.3, 0.4) is 0 Å². The lowest BCUT2D eigenvalue weighted by Crippen LogP contribution is -2.22. The van der Waals surface area contributed by atoms with Crippen molar-refractivity contribution >= 4 is 0 Å². The van der Waals surface area contributed by atoms with Crippen LogP contribution in [0.2, 0.25) is 0 Å². The molecule has 0 bridgehead atoms. The predicted molar refractivity (Wildman–Crippen MR) is 70.7 cm³/mol. The molecule has 3 heteroatoms. The Morgan fingerprint density at radius 1 is 1.22 bits per heavy atom. The molecule has 3 rings (SSSR count). The maximum absolute atomic E-state index is 5.77. The minimum absolute atomic E-state index is 0.163. The van der Waals surface area contributed by atoms with Crippen LogP contribution in [-0.4, -0.2) is 20.3 Å². The third kappa shape index (κ3) is 2.10. The Morgan fingerprint density at radius 2 is 2.17 bits per heavy atom. The first-order chi connectivity index (χ1) is 8.88. The van der Waals surface area contributed by atoms with Crippen LogP contribution in [0, 0.1) is 0 Å². The second kappa shape index (κ2) is 5.02. The van der Waals surface area contributed by atoms with E-state index < -0.39 is 0 Å². The molecular formula is C15H19NO2. The van der Waals surface area contributed by atoms with Crippen LogP contribution < -0.4 is 10.1 Å². The third-order valence-corrected chi connectivity index (χ3v) is 3.58. The number of ether oxygens (including phenoxy) is 2. The molecule has 0 radical (unpaired) electrons. The third-order valence-electron chi connectivity index (χ3n) is 3.58. The van der Waals surface area contributed by atoms with Crippen LogP contribution in [0.1, 0.15) is 30.0 Å². The highest BCUT2D eigenvalue weighted by Gasteiger charge is 2.20. The average Bonchev–Trinajstić information content (AvgIpc) is 2.88. The fraction of sp³-hybridized carbons (Fsp3) is 0.467. The van der Waals surface area contributed by atoms with Crippen LogP contribution in [0.25, 0.3) is 0 Å². The minimum Gasteiger partial charge on any atom is -0.496 e. The molecule has 2 aliphatic heterocycles. The van der Waals surface area contributed by atoms with Gasteiger partial charge in [-0.2, -0.15) is 0 Å². The van der Waals surface area contributed by atoms with Crippen molar-refractivity contribution in [2.75, 3.05) is 20.3 Å². The average molecular weight is 245 g/mol. The maximum Gasteiger partial charge on any atom is 0.122 e. The van der Waals surface area contributed by atoms with Crippen LogP contribution >= 0.6 is 0 Å². The molecule has 0 saturated carbocycles. The minimum atomic E-state index is 0.163. The SMILES string of the molecule is CNC(C1=CCCCO1)c1ccc2c(c1)CCO2. The van der Waals surface area contributed by atoms with E-state index in [-0.39, 0.29) is 6.04 Å². The van der Waals surface area contributed by atoms with E-state index in [9.17, 15) is 0 Å². The molecule has 1 aromatic carbocycles. The van der Waals surface area contributed by atoms with Crippen LogP contribution in [0.4, 0.5) is 0 Å². The Hall–Kier alpha value is -1.48. The van der Waals surface area contributed by atoms with E-state index in [1.165, 1.54) is 11.1 Å². The van der Waals surface area contributed by atoms with Gasteiger partial charge in [0.05, 0.1) is 19.3 Å². The summed E-state index contributed by atoms with van der Waals surface area (Å²) in [6, 6.07) is 6.61. The number of rotatable bonds is 3. The lowest BCUT2D eigenvalue weighted by molar-refractivity contribution is 0.169. The van der Waals surface area contributed by atoms with Crippen LogP contribution in [-0.2, 0) is 11.2 Å². The molecule has 0 saturated heterocycles. The van der Waals surface area contributed by atoms with E-state index in [1.807, 2.05) is 7.05 Å². The van der Waals surface area contributed by atoms with Crippen molar-refractivity contribution in [2.45, 2.75) is 25.3 Å². The Kier molecular flexibility index (Phi) is 3.24. The number of nitrogens with one attached hydrogen (secondary N) is 1. The highest BCUT2D eigenvalue weighted by atomic mass is 16.5. The van der Waals surface area contributed by atoms with E-state index >= 15 is 0 Å². The van der Waals surface area contributed by atoms with E-state index in [4.69, 9.17) is 9.47 Å². The first kappa shape index (κ1) is 11.6. The van der Waals surface area contributed by atoms with Gasteiger partial charge in [0, 0.05) is 6.42 Å². The lowest BCUT2D eigenvalue weighted by Gasteiger charge is -2.24. The Morgan fingerprint density at radius 3 is 2.94 bits per heavy atom. The molecule has 2 aliphatic rings. The highest BCUT2D eigenvalue weighted by molar-refractivity contribution is 5.42. The van der Waals surface area contributed by atoms with Gasteiger partial charge >= 0.3 is 0 Å². The molecule has 3 nitrogen and oxygen atoms in total. The summed E-state index contributed by atoms with van der Waals surface area (Å²) in [5, 5.41) is 3.35. The number of likely N-dealkylation sites (N-methyl/N-ethyl adjacent to an activating group) is 1. The van der Waals surface area contributed by atoms with Crippen molar-refractivity contribution in [1.82, 2.24) is 5.32 Å². The monoisotopic (exact) mass is 245 g/mol. The number of hydrogen-bond donors (Lipinski definition) is 1. The summed E-state index contributed by atoms with van der Waals surface area (Å²) in [6.45, 7) is 1.64. The summed E-state index contributed by atoms with van der Waals surface area (Å²) >= 11 is 0. The molecule has 0 fully saturated rings. The largest absolute Gasteiger partial charge is 0.496 e. The van der Waals surface area contributed by atoms with Gasteiger partial charge in [0.15, 0.2) is 0 Å². The number of benzene rings is 1. The van der Waals surface area contributed by atoms with E-state index in [2.05, 4.69) is 29.6 Å². The number of allylic oxidation sites excluding steroid dienone is 1. The highest BCUT2D eigenvalue weighted by Crippen LogP contribution is 2.31. The van der Waals surface area contributed by atoms with Gasteiger partial charge in [-0.25, -0.2) is 0 Å². The molecule has 18 heavy (non-hydrogen) atoms. The summed E-state index contributed by atoms with van der Waals surface area (Å²) in [4.78, 5) is 0. The second-order valence-electron chi connectivity index (χ2n) is 4.78. The van der Waals surface area contributed by atoms with Gasteiger partial charge < -0.3 is 14.8 Å². The molecule has 1 N–H and O–H groups in total. The normalized spacial score (nSPS) is 19.5. The van der Waals surface area contributed by atoms with Crippen molar-refractivity contribution in [2.24, 2.45) is 0 Å². The van der Waals surface area contributed by atoms with Gasteiger partial charge in [0.25, 0.3) is 0 Å². The molecule has 1 unspecified atom stereocenters. The molecule has 0 amide bonds. The van der Waals surface area contributed by atoms with Crippen molar-refractivity contribution in [3.05, 3.63) is 41.2 Å². The smallest absolute Gasteiger partial charge is 0.122 e. The summed E-state index contributed by atoms with van der Waals surface area (Å²) in [5.41, 5.74) is 2.57. The molecule has 0 aliphatic carbocycles. The van der Waals surface area contributed by atoms with Crippen molar-refractivity contribution in [3.63, 3.8) is 0 Å². The first-order valence-electron chi connectivity index (χ1n) is 6.64. The van der Waals surface area contributed by atoms with E-state index in [1.54, 1.807) is 0 Å². The lowest BCUT2D eigenvalue weighted by atomic mass is 10.00. The summed E-state index contributed by atoms with van der Waals surface area (Å²) in [5.74, 6) is 2.09. The molecule has 0 spiro atoms. The van der Waals surface area contributed by atoms with Crippen LogP contribution in [0.15, 0.2) is 30.0 Å². The molecule has 1 aromatic rings. The second-order valence-corrected chi connectivity index (χ2v) is 4.78. The van der Waals surface area contributed by atoms with Gasteiger partial charge in [0.1, 0.15) is 11.5 Å². The first-order valence-corrected chi connectivity index (χ1v) is 6.64. The molecular weight excluding hydrogens is 226 g/mol. The molecule has 96 valence electrons. The maximum atomic E-state index is 5.77. The Labute approximate surface area is 108 Å². The molecule has 1 atom stereocenters. The summed E-state index contributed by atoms with van der Waals surface area (Å²) in [7, 11) is 1.98. The van der Waals surface area contributed by atoms with E-state index in [0.717, 1.165) is 44.0 Å². The van der Waals surface area contributed by atoms with Crippen molar-refractivity contribution in [3.8, 4) is 5.75 Å². The van der Waals surface area contributed by atoms with Crippen molar-refractivity contribution in [1.29, 1.82) is 0 Å². The summed E-state index contributed by atoms with van der Waals surface area (Å²) < 4.78 is 11.3. The van der Waals surface area contributed by atoms with Crippen molar-refractivity contribution < 1.29 is 9.47 Å².